The number of amides is 3. The van der Waals surface area contributed by atoms with E-state index in [9.17, 15) is 9.59 Å². The van der Waals surface area contributed by atoms with Gasteiger partial charge in [-0.25, -0.2) is 4.79 Å². The lowest BCUT2D eigenvalue weighted by Gasteiger charge is -2.30. The lowest BCUT2D eigenvalue weighted by Crippen LogP contribution is -2.46. The molecule has 23 heavy (non-hydrogen) atoms. The lowest BCUT2D eigenvalue weighted by molar-refractivity contribution is -0.130. The molecule has 7 nitrogen and oxygen atoms in total. The van der Waals surface area contributed by atoms with Crippen LogP contribution in [-0.2, 0) is 11.8 Å². The third-order valence-electron chi connectivity index (χ3n) is 4.79. The van der Waals surface area contributed by atoms with E-state index in [-0.39, 0.29) is 18.0 Å². The van der Waals surface area contributed by atoms with Crippen molar-refractivity contribution >= 4 is 17.8 Å². The molecule has 7 heteroatoms. The van der Waals surface area contributed by atoms with Gasteiger partial charge >= 0.3 is 6.03 Å². The second kappa shape index (κ2) is 6.22. The maximum absolute atomic E-state index is 12.5. The minimum atomic E-state index is -0.120. The zero-order valence-corrected chi connectivity index (χ0v) is 14.1. The maximum atomic E-state index is 12.5. The normalized spacial score (nSPS) is 20.7. The van der Waals surface area contributed by atoms with E-state index in [0.29, 0.717) is 18.4 Å². The van der Waals surface area contributed by atoms with E-state index in [1.54, 1.807) is 11.6 Å². The quantitative estimate of drug-likeness (QED) is 0.919. The van der Waals surface area contributed by atoms with E-state index in [2.05, 4.69) is 10.4 Å². The number of aromatic nitrogens is 2. The average Bonchev–Trinajstić information content (AvgIpc) is 3.12. The molecule has 2 aliphatic rings. The molecule has 0 radical (unpaired) electrons. The van der Waals surface area contributed by atoms with Crippen molar-refractivity contribution in [2.45, 2.75) is 51.6 Å². The summed E-state index contributed by atoms with van der Waals surface area (Å²) in [6, 6.07) is 2.22. The molecular weight excluding hydrogens is 294 g/mol. The Kier molecular flexibility index (Phi) is 4.28. The number of urea groups is 1. The number of likely N-dealkylation sites (tertiary alicyclic amines) is 1. The zero-order valence-electron chi connectivity index (χ0n) is 14.1. The van der Waals surface area contributed by atoms with Crippen LogP contribution in [0.4, 0.5) is 10.6 Å². The standard InChI is InChI=1S/C16H25N5O2/c1-11-9-15(18-19(11)3)17-16(23)20-8-4-5-14(20)10-21(12(2)22)13-6-7-13/h9,13-14H,4-8,10H2,1-3H3,(H,17,18,23)/t14-/m1/s1. The number of carbonyl (C=O) groups excluding carboxylic acids is 2. The van der Waals surface area contributed by atoms with Crippen molar-refractivity contribution in [1.82, 2.24) is 19.6 Å². The van der Waals surface area contributed by atoms with Gasteiger partial charge in [0.05, 0.1) is 6.04 Å². The van der Waals surface area contributed by atoms with Gasteiger partial charge in [0.1, 0.15) is 0 Å². The Morgan fingerprint density at radius 2 is 2.13 bits per heavy atom. The van der Waals surface area contributed by atoms with E-state index in [1.165, 1.54) is 0 Å². The third kappa shape index (κ3) is 3.48. The van der Waals surface area contributed by atoms with Crippen LogP contribution in [-0.4, -0.2) is 56.7 Å². The van der Waals surface area contributed by atoms with Gasteiger partial charge in [-0.15, -0.1) is 0 Å². The SMILES string of the molecule is CC(=O)N(C[C@H]1CCCN1C(=O)Nc1cc(C)n(C)n1)C1CC1. The highest BCUT2D eigenvalue weighted by Crippen LogP contribution is 2.29. The monoisotopic (exact) mass is 319 g/mol. The van der Waals surface area contributed by atoms with E-state index >= 15 is 0 Å². The zero-order chi connectivity index (χ0) is 16.6. The Labute approximate surface area is 136 Å². The molecule has 3 rings (SSSR count). The highest BCUT2D eigenvalue weighted by Gasteiger charge is 2.36. The third-order valence-corrected chi connectivity index (χ3v) is 4.79. The summed E-state index contributed by atoms with van der Waals surface area (Å²) in [4.78, 5) is 28.1. The van der Waals surface area contributed by atoms with Gasteiger partial charge in [-0.05, 0) is 32.6 Å². The minimum Gasteiger partial charge on any atom is -0.338 e. The van der Waals surface area contributed by atoms with Crippen LogP contribution in [0.5, 0.6) is 0 Å². The predicted molar refractivity (Wildman–Crippen MR) is 87.1 cm³/mol. The Balaban J connectivity index is 1.63. The van der Waals surface area contributed by atoms with Crippen LogP contribution in [0.2, 0.25) is 0 Å². The number of carbonyl (C=O) groups is 2. The molecule has 0 bridgehead atoms. The van der Waals surface area contributed by atoms with Crippen LogP contribution in [0.25, 0.3) is 0 Å². The number of aryl methyl sites for hydroxylation is 2. The van der Waals surface area contributed by atoms with Crippen molar-refractivity contribution in [2.75, 3.05) is 18.4 Å². The first-order valence-electron chi connectivity index (χ1n) is 8.31. The summed E-state index contributed by atoms with van der Waals surface area (Å²) in [5.74, 6) is 0.686. The summed E-state index contributed by atoms with van der Waals surface area (Å²) < 4.78 is 1.74. The van der Waals surface area contributed by atoms with E-state index in [4.69, 9.17) is 0 Å². The minimum absolute atomic E-state index is 0.101. The summed E-state index contributed by atoms with van der Waals surface area (Å²) in [6.45, 7) is 4.95. The van der Waals surface area contributed by atoms with Crippen molar-refractivity contribution in [3.8, 4) is 0 Å². The van der Waals surface area contributed by atoms with Crippen molar-refractivity contribution in [1.29, 1.82) is 0 Å². The Bertz CT molecular complexity index is 588. The van der Waals surface area contributed by atoms with E-state index in [1.807, 2.05) is 29.8 Å². The summed E-state index contributed by atoms with van der Waals surface area (Å²) in [5.41, 5.74) is 0.995. The van der Waals surface area contributed by atoms with Crippen LogP contribution in [0, 0.1) is 6.92 Å². The van der Waals surface area contributed by atoms with Gasteiger partial charge in [0.25, 0.3) is 0 Å². The predicted octanol–water partition coefficient (Wildman–Crippen LogP) is 1.74. The molecule has 1 saturated carbocycles. The molecule has 1 aliphatic carbocycles. The number of anilines is 1. The number of nitrogens with one attached hydrogen (secondary N) is 1. The lowest BCUT2D eigenvalue weighted by atomic mass is 10.2. The molecule has 0 unspecified atom stereocenters. The molecule has 1 aromatic rings. The molecule has 1 atom stereocenters. The van der Waals surface area contributed by atoms with Crippen molar-refractivity contribution in [3.63, 3.8) is 0 Å². The first-order chi connectivity index (χ1) is 11.0. The highest BCUT2D eigenvalue weighted by atomic mass is 16.2. The second-order valence-corrected chi connectivity index (χ2v) is 6.62. The van der Waals surface area contributed by atoms with Crippen molar-refractivity contribution < 1.29 is 9.59 Å². The summed E-state index contributed by atoms with van der Waals surface area (Å²) >= 11 is 0. The Morgan fingerprint density at radius 1 is 1.39 bits per heavy atom. The van der Waals surface area contributed by atoms with E-state index < -0.39 is 0 Å². The first kappa shape index (κ1) is 15.8. The molecule has 1 aromatic heterocycles. The molecule has 1 saturated heterocycles. The number of hydrogen-bond donors (Lipinski definition) is 1. The average molecular weight is 319 g/mol. The number of nitrogens with zero attached hydrogens (tertiary/aromatic N) is 4. The highest BCUT2D eigenvalue weighted by molar-refractivity contribution is 5.88. The Morgan fingerprint density at radius 3 is 2.70 bits per heavy atom. The summed E-state index contributed by atoms with van der Waals surface area (Å²) in [5, 5.41) is 7.14. The topological polar surface area (TPSA) is 70.5 Å². The molecule has 1 aliphatic heterocycles. The van der Waals surface area contributed by atoms with Crippen LogP contribution < -0.4 is 5.32 Å². The summed E-state index contributed by atoms with van der Waals surface area (Å²) in [7, 11) is 1.85. The second-order valence-electron chi connectivity index (χ2n) is 6.62. The van der Waals surface area contributed by atoms with Crippen LogP contribution in [0.15, 0.2) is 6.07 Å². The largest absolute Gasteiger partial charge is 0.338 e. The fourth-order valence-corrected chi connectivity index (χ4v) is 3.24. The van der Waals surface area contributed by atoms with Gasteiger partial charge in [0, 0.05) is 44.9 Å². The maximum Gasteiger partial charge on any atom is 0.323 e. The molecule has 0 spiro atoms. The molecular formula is C16H25N5O2. The van der Waals surface area contributed by atoms with Gasteiger partial charge in [-0.2, -0.15) is 5.10 Å². The fraction of sp³-hybridized carbons (Fsp3) is 0.688. The smallest absolute Gasteiger partial charge is 0.323 e. The molecule has 2 fully saturated rings. The van der Waals surface area contributed by atoms with Gasteiger partial charge in [-0.1, -0.05) is 0 Å². The molecule has 1 N–H and O–H groups in total. The van der Waals surface area contributed by atoms with Crippen LogP contribution >= 0.6 is 0 Å². The van der Waals surface area contributed by atoms with Gasteiger partial charge in [0.15, 0.2) is 5.82 Å². The molecule has 2 heterocycles. The molecule has 0 aromatic carbocycles. The van der Waals surface area contributed by atoms with Crippen molar-refractivity contribution in [2.24, 2.45) is 7.05 Å². The van der Waals surface area contributed by atoms with Gasteiger partial charge < -0.3 is 9.80 Å². The van der Waals surface area contributed by atoms with Crippen LogP contribution in [0.3, 0.4) is 0 Å². The fourth-order valence-electron chi connectivity index (χ4n) is 3.24. The van der Waals surface area contributed by atoms with Crippen LogP contribution in [0.1, 0.15) is 38.3 Å². The van der Waals surface area contributed by atoms with Crippen molar-refractivity contribution in [3.05, 3.63) is 11.8 Å². The summed E-state index contributed by atoms with van der Waals surface area (Å²) in [6.07, 6.45) is 4.11. The number of hydrogen-bond acceptors (Lipinski definition) is 3. The van der Waals surface area contributed by atoms with Gasteiger partial charge in [-0.3, -0.25) is 14.8 Å². The van der Waals surface area contributed by atoms with E-state index in [0.717, 1.165) is 37.9 Å². The first-order valence-corrected chi connectivity index (χ1v) is 8.31. The Hall–Kier alpha value is -2.05. The molecule has 126 valence electrons. The van der Waals surface area contributed by atoms with Gasteiger partial charge in [0.2, 0.25) is 5.91 Å². The molecule has 3 amide bonds. The number of rotatable bonds is 4.